The summed E-state index contributed by atoms with van der Waals surface area (Å²) >= 11 is 0. The smallest absolute Gasteiger partial charge is 0.271 e. The van der Waals surface area contributed by atoms with Crippen LogP contribution in [0.25, 0.3) is 21.8 Å². The van der Waals surface area contributed by atoms with Crippen LogP contribution >= 0.6 is 12.4 Å². The number of rotatable bonds is 10. The molecule has 0 radical (unpaired) electrons. The van der Waals surface area contributed by atoms with E-state index in [1.807, 2.05) is 24.3 Å². The number of fused-ring (bicyclic) bond motifs is 2. The van der Waals surface area contributed by atoms with Gasteiger partial charge >= 0.3 is 0 Å². The van der Waals surface area contributed by atoms with Crippen molar-refractivity contribution in [1.82, 2.24) is 4.98 Å². The second-order valence-corrected chi connectivity index (χ2v) is 9.94. The summed E-state index contributed by atoms with van der Waals surface area (Å²) in [6.07, 6.45) is 0.977. The SMILES string of the molecule is Cl.NC(N)=NCCCCS(=O)(=O)Nc1ccc(Nc2c3ccccc3nc3cc([N+](=O)[O-])ccc23)cc1. The summed E-state index contributed by atoms with van der Waals surface area (Å²) in [6.45, 7) is 0.379. The Balaban J connectivity index is 0.00000380. The van der Waals surface area contributed by atoms with Crippen LogP contribution in [0.3, 0.4) is 0 Å². The molecule has 4 aromatic rings. The number of hydrogen-bond donors (Lipinski definition) is 4. The molecular formula is C24H26ClN7O4S. The first-order chi connectivity index (χ1) is 17.2. The number of non-ortho nitro benzene ring substituents is 1. The van der Waals surface area contributed by atoms with Crippen LogP contribution in [0.1, 0.15) is 12.8 Å². The van der Waals surface area contributed by atoms with Gasteiger partial charge in [-0.3, -0.25) is 19.8 Å². The summed E-state index contributed by atoms with van der Waals surface area (Å²) < 4.78 is 27.3. The van der Waals surface area contributed by atoms with Gasteiger partial charge in [0.15, 0.2) is 5.96 Å². The van der Waals surface area contributed by atoms with Crippen molar-refractivity contribution < 1.29 is 13.3 Å². The van der Waals surface area contributed by atoms with E-state index in [1.54, 1.807) is 30.3 Å². The monoisotopic (exact) mass is 543 g/mol. The Morgan fingerprint density at radius 3 is 2.32 bits per heavy atom. The first-order valence-electron chi connectivity index (χ1n) is 11.1. The van der Waals surface area contributed by atoms with E-state index in [9.17, 15) is 18.5 Å². The Labute approximate surface area is 219 Å². The van der Waals surface area contributed by atoms with Crippen molar-refractivity contribution in [3.8, 4) is 0 Å². The molecule has 0 unspecified atom stereocenters. The van der Waals surface area contributed by atoms with Gasteiger partial charge in [-0.05, 0) is 49.2 Å². The highest BCUT2D eigenvalue weighted by Gasteiger charge is 2.14. The average Bonchev–Trinajstić information content (AvgIpc) is 2.84. The minimum absolute atomic E-state index is 0. The zero-order valence-corrected chi connectivity index (χ0v) is 21.3. The van der Waals surface area contributed by atoms with E-state index in [1.165, 1.54) is 12.1 Å². The predicted octanol–water partition coefficient (Wildman–Crippen LogP) is 4.26. The van der Waals surface area contributed by atoms with Gasteiger partial charge in [-0.1, -0.05) is 18.2 Å². The van der Waals surface area contributed by atoms with Gasteiger partial charge in [-0.2, -0.15) is 0 Å². The maximum atomic E-state index is 12.4. The van der Waals surface area contributed by atoms with Crippen LogP contribution in [-0.4, -0.2) is 36.6 Å². The molecule has 11 nitrogen and oxygen atoms in total. The number of guanidine groups is 1. The van der Waals surface area contributed by atoms with Crippen LogP contribution < -0.4 is 21.5 Å². The van der Waals surface area contributed by atoms with E-state index in [0.29, 0.717) is 41.8 Å². The second-order valence-electron chi connectivity index (χ2n) is 8.10. The fourth-order valence-corrected chi connectivity index (χ4v) is 4.92. The molecule has 1 heterocycles. The van der Waals surface area contributed by atoms with Crippen LogP contribution in [0.5, 0.6) is 0 Å². The Hall–Kier alpha value is -4.16. The minimum Gasteiger partial charge on any atom is -0.370 e. The number of para-hydroxylation sites is 1. The quantitative estimate of drug-likeness (QED) is 0.0571. The molecule has 0 atom stereocenters. The molecule has 194 valence electrons. The largest absolute Gasteiger partial charge is 0.370 e. The zero-order valence-electron chi connectivity index (χ0n) is 19.6. The number of nitro benzene ring substituents is 1. The fourth-order valence-electron chi connectivity index (χ4n) is 3.74. The number of hydrogen-bond acceptors (Lipinski definition) is 7. The molecule has 4 rings (SSSR count). The molecule has 0 aliphatic rings. The Kier molecular flexibility index (Phi) is 8.69. The van der Waals surface area contributed by atoms with E-state index in [-0.39, 0.29) is 29.8 Å². The molecule has 3 aromatic carbocycles. The molecule has 0 fully saturated rings. The molecule has 37 heavy (non-hydrogen) atoms. The fraction of sp³-hybridized carbons (Fsp3) is 0.167. The summed E-state index contributed by atoms with van der Waals surface area (Å²) in [7, 11) is -3.52. The number of anilines is 3. The molecule has 0 saturated carbocycles. The highest BCUT2D eigenvalue weighted by Crippen LogP contribution is 2.34. The maximum absolute atomic E-state index is 12.4. The van der Waals surface area contributed by atoms with E-state index in [0.717, 1.165) is 16.5 Å². The van der Waals surface area contributed by atoms with Gasteiger partial charge in [-0.25, -0.2) is 13.4 Å². The summed E-state index contributed by atoms with van der Waals surface area (Å²) in [5, 5.41) is 16.2. The molecule has 13 heteroatoms. The van der Waals surface area contributed by atoms with E-state index >= 15 is 0 Å². The lowest BCUT2D eigenvalue weighted by atomic mass is 10.1. The molecule has 0 aliphatic heterocycles. The van der Waals surface area contributed by atoms with Crippen molar-refractivity contribution in [2.45, 2.75) is 12.8 Å². The van der Waals surface area contributed by atoms with Crippen LogP contribution in [0.15, 0.2) is 71.7 Å². The number of nitrogens with two attached hydrogens (primary N) is 2. The molecule has 0 amide bonds. The number of aliphatic imine (C=N–C) groups is 1. The van der Waals surface area contributed by atoms with Crippen molar-refractivity contribution in [1.29, 1.82) is 0 Å². The van der Waals surface area contributed by atoms with Gasteiger partial charge in [0.2, 0.25) is 10.0 Å². The van der Waals surface area contributed by atoms with Crippen molar-refractivity contribution in [3.05, 3.63) is 76.8 Å². The van der Waals surface area contributed by atoms with Crippen molar-refractivity contribution in [3.63, 3.8) is 0 Å². The third kappa shape index (κ3) is 6.96. The van der Waals surface area contributed by atoms with E-state index in [4.69, 9.17) is 11.5 Å². The predicted molar refractivity (Wildman–Crippen MR) is 150 cm³/mol. The molecular weight excluding hydrogens is 518 g/mol. The average molecular weight is 544 g/mol. The molecule has 1 aromatic heterocycles. The summed E-state index contributed by atoms with van der Waals surface area (Å²) in [6, 6.07) is 18.9. The van der Waals surface area contributed by atoms with E-state index in [2.05, 4.69) is 20.0 Å². The number of nitrogens with one attached hydrogen (secondary N) is 2. The summed E-state index contributed by atoms with van der Waals surface area (Å²) in [5.74, 6) is -0.0625. The lowest BCUT2D eigenvalue weighted by Crippen LogP contribution is -2.23. The van der Waals surface area contributed by atoms with Crippen LogP contribution in [0.4, 0.5) is 22.7 Å². The molecule has 0 spiro atoms. The summed E-state index contributed by atoms with van der Waals surface area (Å²) in [4.78, 5) is 19.2. The molecule has 0 bridgehead atoms. The first-order valence-corrected chi connectivity index (χ1v) is 12.8. The number of benzene rings is 3. The van der Waals surface area contributed by atoms with Gasteiger partial charge in [0, 0.05) is 40.8 Å². The lowest BCUT2D eigenvalue weighted by molar-refractivity contribution is -0.384. The topological polar surface area (TPSA) is 179 Å². The van der Waals surface area contributed by atoms with E-state index < -0.39 is 14.9 Å². The lowest BCUT2D eigenvalue weighted by Gasteiger charge is -2.14. The van der Waals surface area contributed by atoms with Crippen LogP contribution in [0.2, 0.25) is 0 Å². The van der Waals surface area contributed by atoms with Crippen LogP contribution in [0, 0.1) is 10.1 Å². The van der Waals surface area contributed by atoms with Gasteiger partial charge in [-0.15, -0.1) is 12.4 Å². The minimum atomic E-state index is -3.52. The third-order valence-electron chi connectivity index (χ3n) is 5.42. The number of nitrogens with zero attached hydrogens (tertiary/aromatic N) is 3. The summed E-state index contributed by atoms with van der Waals surface area (Å²) in [5.41, 5.74) is 13.6. The molecule has 0 aliphatic carbocycles. The zero-order chi connectivity index (χ0) is 25.7. The Morgan fingerprint density at radius 1 is 0.946 bits per heavy atom. The van der Waals surface area contributed by atoms with Crippen molar-refractivity contribution in [2.75, 3.05) is 22.3 Å². The molecule has 6 N–H and O–H groups in total. The van der Waals surface area contributed by atoms with Gasteiger partial charge < -0.3 is 16.8 Å². The number of unbranched alkanes of at least 4 members (excludes halogenated alkanes) is 1. The number of sulfonamides is 1. The number of aromatic nitrogens is 1. The van der Waals surface area contributed by atoms with Gasteiger partial charge in [0.05, 0.1) is 27.4 Å². The Bertz CT molecular complexity index is 1560. The highest BCUT2D eigenvalue weighted by molar-refractivity contribution is 7.92. The van der Waals surface area contributed by atoms with Gasteiger partial charge in [0.1, 0.15) is 0 Å². The van der Waals surface area contributed by atoms with Crippen molar-refractivity contribution >= 4 is 72.9 Å². The number of nitro groups is 1. The van der Waals surface area contributed by atoms with Crippen LogP contribution in [-0.2, 0) is 10.0 Å². The second kappa shape index (κ2) is 11.7. The molecule has 0 saturated heterocycles. The van der Waals surface area contributed by atoms with Gasteiger partial charge in [0.25, 0.3) is 5.69 Å². The number of pyridine rings is 1. The first kappa shape index (κ1) is 27.4. The third-order valence-corrected chi connectivity index (χ3v) is 6.79. The standard InChI is InChI=1S/C24H25N7O4S.ClH/c25-24(26)27-13-3-4-14-36(34,35)30-17-9-7-16(8-10-17)28-23-19-5-1-2-6-21(19)29-22-15-18(31(32)33)11-12-20(22)23;/h1-2,5-12,15,30H,3-4,13-14H2,(H,28,29)(H4,25,26,27);1H. The maximum Gasteiger partial charge on any atom is 0.271 e. The normalized spacial score (nSPS) is 11.0. The number of halogens is 1. The Morgan fingerprint density at radius 2 is 1.62 bits per heavy atom. The highest BCUT2D eigenvalue weighted by atomic mass is 35.5. The van der Waals surface area contributed by atoms with Crippen molar-refractivity contribution in [2.24, 2.45) is 16.5 Å².